The van der Waals surface area contributed by atoms with Crippen LogP contribution >= 0.6 is 0 Å². The average Bonchev–Trinajstić information content (AvgIpc) is 2.85. The molecule has 0 fully saturated rings. The van der Waals surface area contributed by atoms with Gasteiger partial charge in [0.05, 0.1) is 29.6 Å². The molecule has 34 heavy (non-hydrogen) atoms. The summed E-state index contributed by atoms with van der Waals surface area (Å²) < 4.78 is 5.23. The molecule has 170 valence electrons. The van der Waals surface area contributed by atoms with Crippen LogP contribution < -0.4 is 10.2 Å². The maximum Gasteiger partial charge on any atom is 0.270 e. The molecule has 3 aromatic carbocycles. The van der Waals surface area contributed by atoms with Gasteiger partial charge in [0.25, 0.3) is 5.69 Å². The third-order valence-electron chi connectivity index (χ3n) is 5.05. The molecule has 0 saturated carbocycles. The number of aromatic nitrogens is 2. The number of hydrogen-bond donors (Lipinski definition) is 2. The molecule has 0 unspecified atom stereocenters. The molecule has 2 N–H and O–H groups in total. The molecule has 4 aromatic rings. The van der Waals surface area contributed by atoms with Gasteiger partial charge in [0.15, 0.2) is 0 Å². The summed E-state index contributed by atoms with van der Waals surface area (Å²) in [5, 5.41) is 25.1. The highest BCUT2D eigenvalue weighted by atomic mass is 16.6. The zero-order chi connectivity index (χ0) is 24.1. The van der Waals surface area contributed by atoms with E-state index in [0.29, 0.717) is 11.4 Å². The molecule has 0 spiro atoms. The van der Waals surface area contributed by atoms with Crippen molar-refractivity contribution in [3.63, 3.8) is 0 Å². The van der Waals surface area contributed by atoms with E-state index in [1.165, 1.54) is 24.4 Å². The van der Waals surface area contributed by atoms with Gasteiger partial charge in [-0.1, -0.05) is 29.8 Å². The van der Waals surface area contributed by atoms with Crippen LogP contribution in [0.5, 0.6) is 11.5 Å². The van der Waals surface area contributed by atoms with Crippen molar-refractivity contribution in [1.29, 1.82) is 0 Å². The van der Waals surface area contributed by atoms with Gasteiger partial charge in [0, 0.05) is 28.8 Å². The Bertz CT molecular complexity index is 1350. The van der Waals surface area contributed by atoms with E-state index in [-0.39, 0.29) is 22.9 Å². The minimum absolute atomic E-state index is 0.135. The lowest BCUT2D eigenvalue weighted by molar-refractivity contribution is -0.384. The van der Waals surface area contributed by atoms with E-state index in [0.717, 1.165) is 22.4 Å². The summed E-state index contributed by atoms with van der Waals surface area (Å²) in [6.07, 6.45) is 1.28. The smallest absolute Gasteiger partial charge is 0.270 e. The topological polar surface area (TPSA) is 123 Å². The number of nitro benzene ring substituents is 1. The van der Waals surface area contributed by atoms with Gasteiger partial charge in [-0.2, -0.15) is 5.10 Å². The molecule has 9 heteroatoms. The van der Waals surface area contributed by atoms with Crippen molar-refractivity contribution in [2.75, 3.05) is 12.5 Å². The van der Waals surface area contributed by atoms with Crippen LogP contribution in [0.3, 0.4) is 0 Å². The van der Waals surface area contributed by atoms with E-state index in [9.17, 15) is 15.2 Å². The number of hydrogen-bond acceptors (Lipinski definition) is 8. The van der Waals surface area contributed by atoms with Crippen molar-refractivity contribution < 1.29 is 14.8 Å². The minimum Gasteiger partial charge on any atom is -0.507 e. The van der Waals surface area contributed by atoms with Crippen LogP contribution in [0, 0.1) is 17.0 Å². The zero-order valence-electron chi connectivity index (χ0n) is 18.5. The lowest BCUT2D eigenvalue weighted by atomic mass is 10.1. The summed E-state index contributed by atoms with van der Waals surface area (Å²) in [7, 11) is 1.61. The monoisotopic (exact) mass is 455 g/mol. The van der Waals surface area contributed by atoms with E-state index in [2.05, 4.69) is 20.5 Å². The number of hydrazone groups is 1. The molecule has 0 aliphatic rings. The molecule has 0 aliphatic heterocycles. The highest BCUT2D eigenvalue weighted by Gasteiger charge is 2.11. The van der Waals surface area contributed by atoms with Gasteiger partial charge >= 0.3 is 0 Å². The Labute approximate surface area is 195 Å². The number of nitro groups is 1. The summed E-state index contributed by atoms with van der Waals surface area (Å²) in [6, 6.07) is 21.0. The SMILES string of the molecule is COc1ccc(-c2cc(-c3ccc(C)cc3)nc(NN=Cc3cc([N+](=O)[O-])ccc3O)n2)cc1. The van der Waals surface area contributed by atoms with Crippen molar-refractivity contribution in [2.24, 2.45) is 5.10 Å². The van der Waals surface area contributed by atoms with E-state index < -0.39 is 4.92 Å². The number of phenols is 1. The number of phenolic OH excluding ortho intramolecular Hbond substituents is 1. The standard InChI is InChI=1S/C25H21N5O4/c1-16-3-5-17(6-4-16)22-14-23(18-7-10-21(34-2)11-8-18)28-25(27-22)29-26-15-19-13-20(30(32)33)9-12-24(19)31/h3-15,31H,1-2H3,(H,27,28,29). The Hall–Kier alpha value is -4.79. The van der Waals surface area contributed by atoms with Crippen LogP contribution in [0.25, 0.3) is 22.5 Å². The van der Waals surface area contributed by atoms with Crippen molar-refractivity contribution >= 4 is 17.9 Å². The van der Waals surface area contributed by atoms with Gasteiger partial charge in [-0.3, -0.25) is 10.1 Å². The normalized spacial score (nSPS) is 10.9. The Morgan fingerprint density at radius 2 is 1.59 bits per heavy atom. The number of rotatable bonds is 7. The second-order valence-corrected chi connectivity index (χ2v) is 7.43. The molecule has 1 heterocycles. The van der Waals surface area contributed by atoms with Crippen LogP contribution in [-0.2, 0) is 0 Å². The van der Waals surface area contributed by atoms with Crippen LogP contribution in [0.15, 0.2) is 77.9 Å². The number of methoxy groups -OCH3 is 1. The average molecular weight is 455 g/mol. The minimum atomic E-state index is -0.542. The Kier molecular flexibility index (Phi) is 6.45. The first kappa shape index (κ1) is 22.4. The van der Waals surface area contributed by atoms with Crippen LogP contribution in [-0.4, -0.2) is 33.3 Å². The first-order valence-electron chi connectivity index (χ1n) is 10.3. The maximum atomic E-state index is 11.0. The lowest BCUT2D eigenvalue weighted by Gasteiger charge is -2.09. The van der Waals surface area contributed by atoms with Crippen molar-refractivity contribution in [2.45, 2.75) is 6.92 Å². The molecule has 0 bridgehead atoms. The van der Waals surface area contributed by atoms with E-state index in [1.807, 2.05) is 61.5 Å². The number of aromatic hydroxyl groups is 1. The van der Waals surface area contributed by atoms with Gasteiger partial charge < -0.3 is 9.84 Å². The first-order chi connectivity index (χ1) is 16.4. The number of ether oxygens (including phenoxy) is 1. The Balaban J connectivity index is 1.69. The second kappa shape index (κ2) is 9.78. The second-order valence-electron chi connectivity index (χ2n) is 7.43. The number of benzene rings is 3. The summed E-state index contributed by atoms with van der Waals surface area (Å²) in [4.78, 5) is 19.6. The molecular formula is C25H21N5O4. The molecule has 0 aliphatic carbocycles. The van der Waals surface area contributed by atoms with Gasteiger partial charge in [-0.15, -0.1) is 0 Å². The number of anilines is 1. The van der Waals surface area contributed by atoms with Gasteiger partial charge in [0.1, 0.15) is 11.5 Å². The lowest BCUT2D eigenvalue weighted by Crippen LogP contribution is -2.00. The summed E-state index contributed by atoms with van der Waals surface area (Å²) in [6.45, 7) is 2.01. The fourth-order valence-corrected chi connectivity index (χ4v) is 3.20. The number of aryl methyl sites for hydroxylation is 1. The number of non-ortho nitro benzene ring substituents is 1. The molecule has 1 aromatic heterocycles. The van der Waals surface area contributed by atoms with E-state index >= 15 is 0 Å². The molecule has 0 saturated heterocycles. The highest BCUT2D eigenvalue weighted by Crippen LogP contribution is 2.27. The predicted molar refractivity (Wildman–Crippen MR) is 130 cm³/mol. The molecule has 9 nitrogen and oxygen atoms in total. The first-order valence-corrected chi connectivity index (χ1v) is 10.3. The van der Waals surface area contributed by atoms with Gasteiger partial charge in [-0.25, -0.2) is 15.4 Å². The third-order valence-corrected chi connectivity index (χ3v) is 5.05. The van der Waals surface area contributed by atoms with E-state index in [1.54, 1.807) is 7.11 Å². The van der Waals surface area contributed by atoms with Crippen molar-refractivity contribution in [3.05, 3.63) is 94.0 Å². The van der Waals surface area contributed by atoms with Crippen LogP contribution in [0.1, 0.15) is 11.1 Å². The molecule has 0 amide bonds. The summed E-state index contributed by atoms with van der Waals surface area (Å²) in [5.41, 5.74) is 7.06. The predicted octanol–water partition coefficient (Wildman–Crippen LogP) is 5.19. The summed E-state index contributed by atoms with van der Waals surface area (Å²) in [5.74, 6) is 0.825. The zero-order valence-corrected chi connectivity index (χ0v) is 18.5. The number of nitrogens with one attached hydrogen (secondary N) is 1. The molecule has 0 radical (unpaired) electrons. The van der Waals surface area contributed by atoms with Crippen molar-refractivity contribution in [3.8, 4) is 34.0 Å². The van der Waals surface area contributed by atoms with Crippen LogP contribution in [0.2, 0.25) is 0 Å². The van der Waals surface area contributed by atoms with Crippen molar-refractivity contribution in [1.82, 2.24) is 9.97 Å². The molecular weight excluding hydrogens is 434 g/mol. The van der Waals surface area contributed by atoms with E-state index in [4.69, 9.17) is 4.74 Å². The third kappa shape index (κ3) is 5.16. The molecule has 4 rings (SSSR count). The Morgan fingerprint density at radius 3 is 2.18 bits per heavy atom. The van der Waals surface area contributed by atoms with Crippen LogP contribution in [0.4, 0.5) is 11.6 Å². The van der Waals surface area contributed by atoms with Gasteiger partial charge in [0.2, 0.25) is 5.95 Å². The fourth-order valence-electron chi connectivity index (χ4n) is 3.20. The molecule has 0 atom stereocenters. The largest absolute Gasteiger partial charge is 0.507 e. The maximum absolute atomic E-state index is 11.0. The quantitative estimate of drug-likeness (QED) is 0.223. The van der Waals surface area contributed by atoms with Gasteiger partial charge in [-0.05, 0) is 43.3 Å². The summed E-state index contributed by atoms with van der Waals surface area (Å²) >= 11 is 0. The fraction of sp³-hybridized carbons (Fsp3) is 0.0800. The highest BCUT2D eigenvalue weighted by molar-refractivity contribution is 5.85. The number of nitrogens with zero attached hydrogens (tertiary/aromatic N) is 4. The Morgan fingerprint density at radius 1 is 0.971 bits per heavy atom.